The average Bonchev–Trinajstić information content (AvgIpc) is 2.73. The minimum Gasteiger partial charge on any atom is -0.476 e. The quantitative estimate of drug-likeness (QED) is 0.744. The van der Waals surface area contributed by atoms with Gasteiger partial charge in [-0.15, -0.1) is 0 Å². The molecular formula is C25H31N3O3. The number of hydrogen-bond acceptors (Lipinski definition) is 4. The Balaban J connectivity index is 1.55. The van der Waals surface area contributed by atoms with Gasteiger partial charge < -0.3 is 9.67 Å². The van der Waals surface area contributed by atoms with E-state index in [9.17, 15) is 14.7 Å². The maximum absolute atomic E-state index is 13.2. The number of para-hydroxylation sites is 2. The molecule has 2 saturated heterocycles. The first-order chi connectivity index (χ1) is 15.0. The molecule has 5 rings (SSSR count). The van der Waals surface area contributed by atoms with Gasteiger partial charge >= 0.3 is 5.97 Å². The summed E-state index contributed by atoms with van der Waals surface area (Å²) in [5, 5.41) is 9.59. The highest BCUT2D eigenvalue weighted by molar-refractivity contribution is 5.88. The van der Waals surface area contributed by atoms with Crippen LogP contribution in [0.25, 0.3) is 11.0 Å². The molecule has 3 aliphatic rings. The molecule has 6 heteroatoms. The molecule has 0 spiro atoms. The number of nitrogens with zero attached hydrogens (tertiary/aromatic N) is 3. The zero-order valence-corrected chi connectivity index (χ0v) is 18.2. The number of aromatic carboxylic acids is 1. The molecule has 3 fully saturated rings. The van der Waals surface area contributed by atoms with Gasteiger partial charge in [0.05, 0.1) is 11.0 Å². The Hall–Kier alpha value is -2.47. The Labute approximate surface area is 182 Å². The second-order valence-electron chi connectivity index (χ2n) is 9.71. The van der Waals surface area contributed by atoms with Crippen molar-refractivity contribution >= 4 is 17.0 Å². The predicted molar refractivity (Wildman–Crippen MR) is 120 cm³/mol. The third-order valence-electron chi connectivity index (χ3n) is 7.80. The molecule has 2 aliphatic heterocycles. The second kappa shape index (κ2) is 7.90. The number of fused-ring (bicyclic) bond motifs is 3. The predicted octanol–water partition coefficient (Wildman–Crippen LogP) is 4.40. The Kier molecular flexibility index (Phi) is 5.21. The second-order valence-corrected chi connectivity index (χ2v) is 9.71. The Morgan fingerprint density at radius 3 is 2.48 bits per heavy atom. The number of carboxylic acid groups (broad SMARTS) is 1. The third-order valence-corrected chi connectivity index (χ3v) is 7.80. The lowest BCUT2D eigenvalue weighted by Crippen LogP contribution is -2.59. The van der Waals surface area contributed by atoms with Gasteiger partial charge in [0.2, 0.25) is 5.69 Å². The fourth-order valence-corrected chi connectivity index (χ4v) is 6.57. The van der Waals surface area contributed by atoms with Crippen LogP contribution in [0.4, 0.5) is 0 Å². The van der Waals surface area contributed by atoms with Crippen LogP contribution in [0.2, 0.25) is 0 Å². The fourth-order valence-electron chi connectivity index (χ4n) is 6.57. The van der Waals surface area contributed by atoms with Crippen LogP contribution in [0.15, 0.2) is 41.2 Å². The van der Waals surface area contributed by atoms with Gasteiger partial charge in [-0.25, -0.2) is 9.78 Å². The van der Waals surface area contributed by atoms with E-state index in [0.29, 0.717) is 29.6 Å². The summed E-state index contributed by atoms with van der Waals surface area (Å²) in [6.45, 7) is 6.80. The molecule has 1 aliphatic carbocycles. The number of benzene rings is 1. The third kappa shape index (κ3) is 3.41. The van der Waals surface area contributed by atoms with Crippen LogP contribution >= 0.6 is 0 Å². The van der Waals surface area contributed by atoms with Crippen LogP contribution < -0.4 is 5.56 Å². The maximum atomic E-state index is 13.2. The summed E-state index contributed by atoms with van der Waals surface area (Å²) in [4.78, 5) is 31.8. The van der Waals surface area contributed by atoms with Gasteiger partial charge in [-0.2, -0.15) is 0 Å². The summed E-state index contributed by atoms with van der Waals surface area (Å²) >= 11 is 0. The monoisotopic (exact) mass is 421 g/mol. The number of hydrogen-bond donors (Lipinski definition) is 1. The topological polar surface area (TPSA) is 75.4 Å². The summed E-state index contributed by atoms with van der Waals surface area (Å²) in [5.41, 5.74) is 1.83. The van der Waals surface area contributed by atoms with E-state index in [1.165, 1.54) is 24.8 Å². The van der Waals surface area contributed by atoms with Gasteiger partial charge in [0, 0.05) is 24.2 Å². The van der Waals surface area contributed by atoms with Crippen molar-refractivity contribution in [2.45, 2.75) is 82.5 Å². The smallest absolute Gasteiger partial charge is 0.360 e. The summed E-state index contributed by atoms with van der Waals surface area (Å²) in [5.74, 6) is -0.640. The van der Waals surface area contributed by atoms with Crippen LogP contribution in [-0.4, -0.2) is 43.7 Å². The van der Waals surface area contributed by atoms with Crippen molar-refractivity contribution in [3.63, 3.8) is 0 Å². The summed E-state index contributed by atoms with van der Waals surface area (Å²) in [6.07, 6.45) is 8.83. The van der Waals surface area contributed by atoms with Crippen molar-refractivity contribution < 1.29 is 9.90 Å². The van der Waals surface area contributed by atoms with E-state index in [-0.39, 0.29) is 11.7 Å². The molecule has 5 atom stereocenters. The van der Waals surface area contributed by atoms with Crippen molar-refractivity contribution in [1.82, 2.24) is 14.5 Å². The number of rotatable bonds is 3. The van der Waals surface area contributed by atoms with Crippen molar-refractivity contribution in [3.05, 3.63) is 52.5 Å². The van der Waals surface area contributed by atoms with E-state index >= 15 is 0 Å². The van der Waals surface area contributed by atoms with E-state index in [1.54, 1.807) is 10.6 Å². The van der Waals surface area contributed by atoms with Crippen LogP contribution in [0.1, 0.15) is 74.8 Å². The van der Waals surface area contributed by atoms with Gasteiger partial charge in [0.25, 0.3) is 5.56 Å². The van der Waals surface area contributed by atoms with E-state index in [4.69, 9.17) is 0 Å². The molecule has 3 heterocycles. The number of aromatic nitrogens is 2. The first-order valence-corrected chi connectivity index (χ1v) is 11.7. The van der Waals surface area contributed by atoms with Crippen molar-refractivity contribution in [3.8, 4) is 0 Å². The lowest BCUT2D eigenvalue weighted by molar-refractivity contribution is -0.0273. The molecular weight excluding hydrogens is 390 g/mol. The summed E-state index contributed by atoms with van der Waals surface area (Å²) < 4.78 is 1.74. The van der Waals surface area contributed by atoms with Gasteiger partial charge in [0.15, 0.2) is 0 Å². The van der Waals surface area contributed by atoms with Crippen LogP contribution in [0, 0.1) is 5.92 Å². The number of piperidine rings is 2. The van der Waals surface area contributed by atoms with Crippen molar-refractivity contribution in [2.24, 2.45) is 5.92 Å². The molecule has 0 radical (unpaired) electrons. The van der Waals surface area contributed by atoms with Gasteiger partial charge in [-0.3, -0.25) is 9.69 Å². The standard InChI is InChI=1S/C25H31N3O3/c1-15-7-5-8-16(2)23(15)27-17-9-6-10-18(27)14-19(13-17)28-21-12-4-3-11-20(21)26-22(24(28)29)25(30)31/h3-4,11-12,16-19,23H,1,5-10,13-14H2,2H3,(H,30,31)/t16?,17-,18+,19?,23-/m0/s1. The molecule has 164 valence electrons. The summed E-state index contributed by atoms with van der Waals surface area (Å²) in [7, 11) is 0. The van der Waals surface area contributed by atoms with Crippen molar-refractivity contribution in [1.29, 1.82) is 0 Å². The minimum atomic E-state index is -1.26. The van der Waals surface area contributed by atoms with E-state index in [2.05, 4.69) is 23.4 Å². The molecule has 31 heavy (non-hydrogen) atoms. The maximum Gasteiger partial charge on any atom is 0.360 e. The normalized spacial score (nSPS) is 31.6. The van der Waals surface area contributed by atoms with Crippen LogP contribution in [0.3, 0.4) is 0 Å². The van der Waals surface area contributed by atoms with E-state index in [0.717, 1.165) is 37.6 Å². The van der Waals surface area contributed by atoms with Gasteiger partial charge in [-0.05, 0) is 63.0 Å². The minimum absolute atomic E-state index is 0.00258. The largest absolute Gasteiger partial charge is 0.476 e. The highest BCUT2D eigenvalue weighted by atomic mass is 16.4. The summed E-state index contributed by atoms with van der Waals surface area (Å²) in [6, 6.07) is 8.67. The van der Waals surface area contributed by atoms with Crippen LogP contribution in [0.5, 0.6) is 0 Å². The lowest BCUT2D eigenvalue weighted by Gasteiger charge is -2.55. The van der Waals surface area contributed by atoms with Crippen LogP contribution in [-0.2, 0) is 0 Å². The highest BCUT2D eigenvalue weighted by Gasteiger charge is 2.45. The number of carbonyl (C=O) groups is 1. The first-order valence-electron chi connectivity index (χ1n) is 11.7. The SMILES string of the molecule is C=C1CCCC(C)[C@H]1N1[C@@H]2CCC[C@H]1CC(n1c(=O)c(C(=O)O)nc3ccccc31)C2. The Morgan fingerprint density at radius 1 is 1.10 bits per heavy atom. The zero-order valence-electron chi connectivity index (χ0n) is 18.2. The van der Waals surface area contributed by atoms with Gasteiger partial charge in [-0.1, -0.05) is 37.6 Å². The van der Waals surface area contributed by atoms with E-state index < -0.39 is 11.5 Å². The average molecular weight is 422 g/mol. The fraction of sp³-hybridized carbons (Fsp3) is 0.560. The molecule has 1 N–H and O–H groups in total. The Bertz CT molecular complexity index is 1080. The highest BCUT2D eigenvalue weighted by Crippen LogP contribution is 2.45. The number of carboxylic acids is 1. The molecule has 2 unspecified atom stereocenters. The molecule has 6 nitrogen and oxygen atoms in total. The van der Waals surface area contributed by atoms with Crippen molar-refractivity contribution in [2.75, 3.05) is 0 Å². The van der Waals surface area contributed by atoms with Gasteiger partial charge in [0.1, 0.15) is 0 Å². The first kappa shape index (κ1) is 20.4. The lowest BCUT2D eigenvalue weighted by atomic mass is 9.74. The zero-order chi connectivity index (χ0) is 21.7. The molecule has 1 saturated carbocycles. The molecule has 0 amide bonds. The van der Waals surface area contributed by atoms with E-state index in [1.807, 2.05) is 18.2 Å². The Morgan fingerprint density at radius 2 is 1.81 bits per heavy atom. The molecule has 1 aromatic carbocycles. The molecule has 2 bridgehead atoms. The molecule has 2 aromatic rings. The molecule has 1 aromatic heterocycles.